The van der Waals surface area contributed by atoms with Crippen LogP contribution in [0.3, 0.4) is 0 Å². The van der Waals surface area contributed by atoms with Gasteiger partial charge in [-0.2, -0.15) is 17.9 Å². The maximum atomic E-state index is 12.8. The number of alkyl halides is 3. The highest BCUT2D eigenvalue weighted by Crippen LogP contribution is 2.33. The predicted molar refractivity (Wildman–Crippen MR) is 69.2 cm³/mol. The van der Waals surface area contributed by atoms with Crippen LogP contribution < -0.4 is 5.32 Å². The van der Waals surface area contributed by atoms with Gasteiger partial charge in [-0.15, -0.1) is 5.10 Å². The summed E-state index contributed by atoms with van der Waals surface area (Å²) >= 11 is 3.22. The van der Waals surface area contributed by atoms with Gasteiger partial charge in [0.05, 0.1) is 17.8 Å². The van der Waals surface area contributed by atoms with E-state index < -0.39 is 11.7 Å². The van der Waals surface area contributed by atoms with Gasteiger partial charge in [-0.05, 0) is 51.1 Å². The molecule has 0 bridgehead atoms. The van der Waals surface area contributed by atoms with E-state index >= 15 is 0 Å². The summed E-state index contributed by atoms with van der Waals surface area (Å²) in [7, 11) is 0. The molecule has 0 aliphatic rings. The van der Waals surface area contributed by atoms with E-state index in [1.54, 1.807) is 0 Å². The third kappa shape index (κ3) is 3.15. The van der Waals surface area contributed by atoms with E-state index in [1.807, 2.05) is 6.92 Å². The Balaban J connectivity index is 2.44. The van der Waals surface area contributed by atoms with Gasteiger partial charge >= 0.3 is 6.18 Å². The molecule has 0 spiro atoms. The zero-order chi connectivity index (χ0) is 14.8. The van der Waals surface area contributed by atoms with Crippen molar-refractivity contribution in [3.63, 3.8) is 0 Å². The van der Waals surface area contributed by atoms with Crippen LogP contribution in [-0.4, -0.2) is 26.8 Å². The van der Waals surface area contributed by atoms with E-state index in [0.717, 1.165) is 12.1 Å². The van der Waals surface area contributed by atoms with Crippen molar-refractivity contribution in [3.05, 3.63) is 34.1 Å². The summed E-state index contributed by atoms with van der Waals surface area (Å²) in [5.41, 5.74) is -0.502. The van der Waals surface area contributed by atoms with Crippen LogP contribution in [0.2, 0.25) is 0 Å². The molecule has 9 heteroatoms. The SMILES string of the molecule is CCNCc1nnnn1-c1cc(C(F)(F)F)ccc1Br. The summed E-state index contributed by atoms with van der Waals surface area (Å²) < 4.78 is 40.0. The number of halogens is 4. The van der Waals surface area contributed by atoms with Crippen molar-refractivity contribution in [1.29, 1.82) is 0 Å². The number of rotatable bonds is 4. The second-order valence-electron chi connectivity index (χ2n) is 3.95. The van der Waals surface area contributed by atoms with Crippen LogP contribution in [0.25, 0.3) is 5.69 Å². The molecule has 2 rings (SSSR count). The first kappa shape index (κ1) is 14.9. The lowest BCUT2D eigenvalue weighted by molar-refractivity contribution is -0.137. The first-order chi connectivity index (χ1) is 9.43. The first-order valence-electron chi connectivity index (χ1n) is 5.78. The smallest absolute Gasteiger partial charge is 0.310 e. The Hall–Kier alpha value is -1.48. The molecule has 0 radical (unpaired) electrons. The second-order valence-corrected chi connectivity index (χ2v) is 4.81. The number of nitrogens with zero attached hydrogens (tertiary/aromatic N) is 4. The second kappa shape index (κ2) is 5.88. The highest BCUT2D eigenvalue weighted by molar-refractivity contribution is 9.10. The number of benzene rings is 1. The Morgan fingerprint density at radius 1 is 1.35 bits per heavy atom. The summed E-state index contributed by atoms with van der Waals surface area (Å²) in [6.45, 7) is 2.98. The fourth-order valence-electron chi connectivity index (χ4n) is 1.59. The van der Waals surface area contributed by atoms with Crippen LogP contribution in [-0.2, 0) is 12.7 Å². The minimum absolute atomic E-state index is 0.248. The molecule has 0 amide bonds. The van der Waals surface area contributed by atoms with Crippen LogP contribution in [0.1, 0.15) is 18.3 Å². The van der Waals surface area contributed by atoms with E-state index in [9.17, 15) is 13.2 Å². The highest BCUT2D eigenvalue weighted by atomic mass is 79.9. The summed E-state index contributed by atoms with van der Waals surface area (Å²) in [5.74, 6) is 0.437. The Morgan fingerprint density at radius 3 is 2.75 bits per heavy atom. The molecule has 108 valence electrons. The van der Waals surface area contributed by atoms with Crippen molar-refractivity contribution in [1.82, 2.24) is 25.5 Å². The summed E-state index contributed by atoms with van der Waals surface area (Å²) in [6, 6.07) is 3.34. The van der Waals surface area contributed by atoms with Crippen molar-refractivity contribution in [2.45, 2.75) is 19.6 Å². The van der Waals surface area contributed by atoms with Gasteiger partial charge in [0.1, 0.15) is 0 Å². The molecule has 0 unspecified atom stereocenters. The van der Waals surface area contributed by atoms with Crippen LogP contribution in [0.5, 0.6) is 0 Å². The van der Waals surface area contributed by atoms with Crippen molar-refractivity contribution in [3.8, 4) is 5.69 Å². The fourth-order valence-corrected chi connectivity index (χ4v) is 2.01. The third-order valence-corrected chi connectivity index (χ3v) is 3.24. The topological polar surface area (TPSA) is 55.6 Å². The number of aromatic nitrogens is 4. The van der Waals surface area contributed by atoms with Gasteiger partial charge in [-0.3, -0.25) is 0 Å². The van der Waals surface area contributed by atoms with Crippen LogP contribution >= 0.6 is 15.9 Å². The normalized spacial score (nSPS) is 11.8. The Labute approximate surface area is 121 Å². The standard InChI is InChI=1S/C11H11BrF3N5/c1-2-16-6-10-17-18-19-20(10)9-5-7(11(13,14)15)3-4-8(9)12/h3-5,16H,2,6H2,1H3. The minimum atomic E-state index is -4.41. The Morgan fingerprint density at radius 2 is 2.10 bits per heavy atom. The maximum Gasteiger partial charge on any atom is 0.416 e. The lowest BCUT2D eigenvalue weighted by Crippen LogP contribution is -2.17. The molecule has 1 aromatic carbocycles. The Bertz CT molecular complexity index is 596. The number of nitrogens with one attached hydrogen (secondary N) is 1. The van der Waals surface area contributed by atoms with Gasteiger partial charge in [0.15, 0.2) is 5.82 Å². The van der Waals surface area contributed by atoms with Crippen LogP contribution in [0.15, 0.2) is 22.7 Å². The summed E-state index contributed by atoms with van der Waals surface area (Å²) in [4.78, 5) is 0. The van der Waals surface area contributed by atoms with Gasteiger partial charge < -0.3 is 5.32 Å². The molecule has 0 atom stereocenters. The number of hydrogen-bond donors (Lipinski definition) is 1. The molecule has 0 fully saturated rings. The average molecular weight is 350 g/mol. The van der Waals surface area contributed by atoms with Gasteiger partial charge in [-0.1, -0.05) is 6.92 Å². The molecule has 0 aliphatic heterocycles. The van der Waals surface area contributed by atoms with Crippen molar-refractivity contribution in [2.75, 3.05) is 6.54 Å². The Kier molecular flexibility index (Phi) is 4.39. The summed E-state index contributed by atoms with van der Waals surface area (Å²) in [6.07, 6.45) is -4.41. The molecular formula is C11H11BrF3N5. The number of hydrogen-bond acceptors (Lipinski definition) is 4. The lowest BCUT2D eigenvalue weighted by atomic mass is 10.2. The number of tetrazole rings is 1. The van der Waals surface area contributed by atoms with Gasteiger partial charge in [0.2, 0.25) is 0 Å². The molecule has 0 aliphatic carbocycles. The van der Waals surface area contributed by atoms with Crippen LogP contribution in [0.4, 0.5) is 13.2 Å². The van der Waals surface area contributed by atoms with Crippen molar-refractivity contribution >= 4 is 15.9 Å². The molecule has 1 N–H and O–H groups in total. The monoisotopic (exact) mass is 349 g/mol. The van der Waals surface area contributed by atoms with E-state index in [1.165, 1.54) is 10.7 Å². The minimum Gasteiger partial charge on any atom is -0.310 e. The molecule has 0 saturated carbocycles. The molecule has 1 heterocycles. The largest absolute Gasteiger partial charge is 0.416 e. The van der Waals surface area contributed by atoms with Gasteiger partial charge in [0, 0.05) is 4.47 Å². The van der Waals surface area contributed by atoms with Crippen LogP contribution in [0, 0.1) is 0 Å². The molecule has 0 saturated heterocycles. The van der Waals surface area contributed by atoms with Crippen molar-refractivity contribution < 1.29 is 13.2 Å². The quantitative estimate of drug-likeness (QED) is 0.921. The molecular weight excluding hydrogens is 339 g/mol. The van der Waals surface area contributed by atoms with E-state index in [-0.39, 0.29) is 5.69 Å². The molecule has 1 aromatic heterocycles. The predicted octanol–water partition coefficient (Wildman–Crippen LogP) is 2.55. The van der Waals surface area contributed by atoms with Gasteiger partial charge in [-0.25, -0.2) is 0 Å². The van der Waals surface area contributed by atoms with Crippen molar-refractivity contribution in [2.24, 2.45) is 0 Å². The van der Waals surface area contributed by atoms with E-state index in [4.69, 9.17) is 0 Å². The van der Waals surface area contributed by atoms with E-state index in [2.05, 4.69) is 36.8 Å². The molecule has 5 nitrogen and oxygen atoms in total. The highest BCUT2D eigenvalue weighted by Gasteiger charge is 2.31. The molecule has 2 aromatic rings. The third-order valence-electron chi connectivity index (χ3n) is 2.57. The van der Waals surface area contributed by atoms with E-state index in [0.29, 0.717) is 23.4 Å². The zero-order valence-corrected chi connectivity index (χ0v) is 12.0. The zero-order valence-electron chi connectivity index (χ0n) is 10.4. The molecule has 20 heavy (non-hydrogen) atoms. The fraction of sp³-hybridized carbons (Fsp3) is 0.364. The maximum absolute atomic E-state index is 12.8. The lowest BCUT2D eigenvalue weighted by Gasteiger charge is -2.11. The van der Waals surface area contributed by atoms with Gasteiger partial charge in [0.25, 0.3) is 0 Å². The summed E-state index contributed by atoms with van der Waals surface area (Å²) in [5, 5.41) is 14.1. The average Bonchev–Trinajstić information content (AvgIpc) is 2.83. The first-order valence-corrected chi connectivity index (χ1v) is 6.58.